The van der Waals surface area contributed by atoms with Crippen LogP contribution in [0.5, 0.6) is 0 Å². The number of nitrogens with zero attached hydrogens (tertiary/aromatic N) is 6. The molecule has 4 aliphatic heterocycles. The molecule has 340 valence electrons. The van der Waals surface area contributed by atoms with Crippen molar-refractivity contribution in [2.45, 2.75) is 243 Å². The van der Waals surface area contributed by atoms with Crippen LogP contribution in [0.25, 0.3) is 0 Å². The molecule has 0 saturated carbocycles. The molecular formula is C47H90N10O2. The Labute approximate surface area is 361 Å². The molecule has 0 aromatic carbocycles. The predicted octanol–water partition coefficient (Wildman–Crippen LogP) is 7.60. The van der Waals surface area contributed by atoms with Crippen molar-refractivity contribution in [3.05, 3.63) is 0 Å². The van der Waals surface area contributed by atoms with Crippen molar-refractivity contribution in [3.8, 4) is 0 Å². The Morgan fingerprint density at radius 2 is 0.644 bits per heavy atom. The summed E-state index contributed by atoms with van der Waals surface area (Å²) in [6.45, 7) is 40.7. The lowest BCUT2D eigenvalue weighted by molar-refractivity contribution is 0.123. The van der Waals surface area contributed by atoms with E-state index in [9.17, 15) is 0 Å². The molecule has 59 heavy (non-hydrogen) atoms. The van der Waals surface area contributed by atoms with E-state index >= 15 is 0 Å². The number of rotatable bonds is 15. The van der Waals surface area contributed by atoms with Gasteiger partial charge in [0.25, 0.3) is 0 Å². The summed E-state index contributed by atoms with van der Waals surface area (Å²) in [6.07, 6.45) is 9.75. The van der Waals surface area contributed by atoms with Crippen LogP contribution in [0.15, 0.2) is 0 Å². The lowest BCUT2D eigenvalue weighted by atomic mass is 9.75. The molecule has 4 fully saturated rings. The van der Waals surface area contributed by atoms with Crippen LogP contribution in [-0.4, -0.2) is 124 Å². The zero-order chi connectivity index (χ0) is 44.0. The van der Waals surface area contributed by atoms with Gasteiger partial charge < -0.3 is 45.4 Å². The van der Waals surface area contributed by atoms with Gasteiger partial charge in [0.15, 0.2) is 0 Å². The first-order valence-electron chi connectivity index (χ1n) is 23.2. The molecule has 0 bridgehead atoms. The number of methoxy groups -OCH3 is 2. The second-order valence-electron chi connectivity index (χ2n) is 24.5. The van der Waals surface area contributed by atoms with E-state index < -0.39 is 0 Å². The molecule has 5 heterocycles. The van der Waals surface area contributed by atoms with Crippen molar-refractivity contribution in [1.82, 2.24) is 36.2 Å². The molecule has 1 aromatic rings. The van der Waals surface area contributed by atoms with Crippen LogP contribution in [0.1, 0.15) is 175 Å². The largest absolute Gasteiger partial charge is 0.385 e. The van der Waals surface area contributed by atoms with Crippen LogP contribution in [0.3, 0.4) is 0 Å². The molecule has 0 aliphatic carbocycles. The Morgan fingerprint density at radius 3 is 0.898 bits per heavy atom. The smallest absolute Gasteiger partial charge is 0.232 e. The van der Waals surface area contributed by atoms with E-state index in [0.717, 1.165) is 95.1 Å². The van der Waals surface area contributed by atoms with E-state index in [1.54, 1.807) is 0 Å². The number of hydrogen-bond acceptors (Lipinski definition) is 12. The molecule has 5 rings (SSSR count). The average molecular weight is 827 g/mol. The van der Waals surface area contributed by atoms with Gasteiger partial charge in [-0.15, -0.1) is 0 Å². The van der Waals surface area contributed by atoms with Gasteiger partial charge >= 0.3 is 0 Å². The Bertz CT molecular complexity index is 1380. The van der Waals surface area contributed by atoms with Crippen molar-refractivity contribution in [3.63, 3.8) is 0 Å². The summed E-state index contributed by atoms with van der Waals surface area (Å²) >= 11 is 0. The Balaban J connectivity index is 1.79. The number of nitrogens with one attached hydrogen (secondary N) is 4. The van der Waals surface area contributed by atoms with Crippen LogP contribution >= 0.6 is 0 Å². The number of aromatic nitrogens is 3. The van der Waals surface area contributed by atoms with Gasteiger partial charge in [-0.1, -0.05) is 0 Å². The molecule has 0 amide bonds. The van der Waals surface area contributed by atoms with Crippen LogP contribution in [0, 0.1) is 0 Å². The van der Waals surface area contributed by atoms with Crippen molar-refractivity contribution < 1.29 is 9.47 Å². The van der Waals surface area contributed by atoms with Gasteiger partial charge in [0.05, 0.1) is 0 Å². The first kappa shape index (κ1) is 48.2. The number of piperidine rings is 4. The highest BCUT2D eigenvalue weighted by Crippen LogP contribution is 2.42. The van der Waals surface area contributed by atoms with Gasteiger partial charge in [-0.25, -0.2) is 0 Å². The highest BCUT2D eigenvalue weighted by molar-refractivity contribution is 5.50. The quantitative estimate of drug-likeness (QED) is 0.131. The number of hydrogen-bond donors (Lipinski definition) is 4. The van der Waals surface area contributed by atoms with Crippen molar-refractivity contribution in [2.24, 2.45) is 0 Å². The maximum Gasteiger partial charge on any atom is 0.232 e. The van der Waals surface area contributed by atoms with E-state index in [0.29, 0.717) is 13.2 Å². The van der Waals surface area contributed by atoms with Gasteiger partial charge in [0, 0.05) is 109 Å². The summed E-state index contributed by atoms with van der Waals surface area (Å²) in [4.78, 5) is 25.0. The highest BCUT2D eigenvalue weighted by Gasteiger charge is 2.48. The lowest BCUT2D eigenvalue weighted by Gasteiger charge is -2.55. The molecule has 0 radical (unpaired) electrons. The van der Waals surface area contributed by atoms with E-state index in [2.05, 4.69) is 147 Å². The normalized spacial score (nSPS) is 26.3. The molecule has 4 N–H and O–H groups in total. The molecule has 0 spiro atoms. The maximum absolute atomic E-state index is 5.77. The fourth-order valence-corrected chi connectivity index (χ4v) is 12.9. The molecule has 12 nitrogen and oxygen atoms in total. The summed E-state index contributed by atoms with van der Waals surface area (Å²) in [5.41, 5.74) is -0.421. The van der Waals surface area contributed by atoms with Gasteiger partial charge in [-0.3, -0.25) is 0 Å². The molecule has 4 aliphatic rings. The summed E-state index contributed by atoms with van der Waals surface area (Å²) in [5, 5.41) is 15.9. The molecule has 12 heteroatoms. The molecule has 1 aromatic heterocycles. The molecule has 0 atom stereocenters. The lowest BCUT2D eigenvalue weighted by Crippen LogP contribution is -2.67. The summed E-state index contributed by atoms with van der Waals surface area (Å²) in [5.74, 6) is 2.43. The third-order valence-electron chi connectivity index (χ3n) is 13.2. The Hall–Kier alpha value is -1.83. The van der Waals surface area contributed by atoms with Crippen LogP contribution in [0.4, 0.5) is 17.8 Å². The molecular weight excluding hydrogens is 737 g/mol. The first-order chi connectivity index (χ1) is 26.9. The van der Waals surface area contributed by atoms with Crippen molar-refractivity contribution in [2.75, 3.05) is 55.2 Å². The monoisotopic (exact) mass is 827 g/mol. The van der Waals surface area contributed by atoms with E-state index in [-0.39, 0.29) is 68.5 Å². The predicted molar refractivity (Wildman–Crippen MR) is 247 cm³/mol. The maximum atomic E-state index is 5.77. The SMILES string of the molecule is COCCCN(c1nc(N(CCCOC)C2CC(C)(C)NC(C)(C)C2)nc(N(C2CC(C)(C)NC(C)(C)C2)C2CC(C)(C)NC(C)(C)C2)n1)C1CC(C)(C)NC(C)(C)C1. The fraction of sp³-hybridized carbons (Fsp3) is 0.936. The molecule has 0 unspecified atom stereocenters. The van der Waals surface area contributed by atoms with Crippen molar-refractivity contribution >= 4 is 17.8 Å². The second kappa shape index (κ2) is 17.4. The van der Waals surface area contributed by atoms with Gasteiger partial charge in [0.2, 0.25) is 17.8 Å². The zero-order valence-corrected chi connectivity index (χ0v) is 41.2. The zero-order valence-electron chi connectivity index (χ0n) is 41.2. The van der Waals surface area contributed by atoms with Crippen LogP contribution < -0.4 is 36.0 Å². The number of anilines is 3. The van der Waals surface area contributed by atoms with E-state index in [1.165, 1.54) is 0 Å². The van der Waals surface area contributed by atoms with E-state index in [1.807, 2.05) is 14.2 Å². The van der Waals surface area contributed by atoms with Crippen LogP contribution in [-0.2, 0) is 9.47 Å². The molecule has 4 saturated heterocycles. The third-order valence-corrected chi connectivity index (χ3v) is 13.2. The standard InChI is InChI=1S/C47H90N10O2/c1-40(2)25-33(26-41(3,4)51-40)55(21-19-23-58-17)37-48-38(56(22-20-24-59-18)34-27-42(5,6)52-43(7,8)28-34)50-39(49-37)57(35-29-44(9,10)53-45(11,12)30-35)36-31-46(13,14)54-47(15,16)32-36/h33-36,51-54H,19-32H2,1-18H3. The van der Waals surface area contributed by atoms with Gasteiger partial charge in [-0.2, -0.15) is 15.0 Å². The van der Waals surface area contributed by atoms with Gasteiger partial charge in [0.1, 0.15) is 0 Å². The fourth-order valence-electron chi connectivity index (χ4n) is 12.9. The minimum absolute atomic E-state index is 0.0480. The topological polar surface area (TPSA) is 115 Å². The van der Waals surface area contributed by atoms with E-state index in [4.69, 9.17) is 24.4 Å². The minimum atomic E-state index is -0.0573. The van der Waals surface area contributed by atoms with Crippen molar-refractivity contribution in [1.29, 1.82) is 0 Å². The third kappa shape index (κ3) is 13.1. The summed E-state index contributed by atoms with van der Waals surface area (Å²) < 4.78 is 11.4. The summed E-state index contributed by atoms with van der Waals surface area (Å²) in [7, 11) is 3.62. The van der Waals surface area contributed by atoms with Gasteiger partial charge in [-0.05, 0) is 175 Å². The highest BCUT2D eigenvalue weighted by atomic mass is 16.5. The summed E-state index contributed by atoms with van der Waals surface area (Å²) in [6, 6.07) is 0.941. The first-order valence-corrected chi connectivity index (χ1v) is 23.2. The average Bonchev–Trinajstić information content (AvgIpc) is 2.99. The number of ether oxygens (including phenoxy) is 2. The Morgan fingerprint density at radius 1 is 0.407 bits per heavy atom. The van der Waals surface area contributed by atoms with Crippen LogP contribution in [0.2, 0.25) is 0 Å². The minimum Gasteiger partial charge on any atom is -0.385 e. The second-order valence-corrected chi connectivity index (χ2v) is 24.5. The Kier molecular flexibility index (Phi) is 14.2.